The second-order valence-corrected chi connectivity index (χ2v) is 39.5. The molecule has 0 saturated heterocycles. The minimum Gasteiger partial charge on any atom is -0.327 e. The Morgan fingerprint density at radius 2 is 1.08 bits per heavy atom. The standard InChI is InChI=1S/C25H50Si2.C7H19Si2.Lu/c1-18(2)24-14-9-19(3)15-25(24)20-10-11-22(16-20)27(7,8)23-13-12-21(17-23)26(4,5)6;1-8(2,3)7-9(4,5)6;/h18-25H,9-17H2,1-8H3;7H,1-6H3;/q;-1;+3/t19-,20?,21?,22?,23?,24+,25+;;/m1../s1. The fraction of sp³-hybridized carbons (Fsp3) is 0.969. The zero-order valence-corrected chi connectivity index (χ0v) is 33.5. The molecule has 37 heavy (non-hydrogen) atoms. The molecule has 0 amide bonds. The predicted molar refractivity (Wildman–Crippen MR) is 179 cm³/mol. The maximum Gasteiger partial charge on any atom is 3.00 e. The van der Waals surface area contributed by atoms with Gasteiger partial charge in [-0.25, -0.2) is 0 Å². The molecule has 0 aromatic heterocycles. The van der Waals surface area contributed by atoms with E-state index in [1.807, 2.05) is 0 Å². The van der Waals surface area contributed by atoms with E-state index in [4.69, 9.17) is 0 Å². The summed E-state index contributed by atoms with van der Waals surface area (Å²) in [7, 11) is -3.75. The fourth-order valence-electron chi connectivity index (χ4n) is 8.98. The Balaban J connectivity index is 0.000000589. The Kier molecular flexibility index (Phi) is 14.6. The Labute approximate surface area is 269 Å². The van der Waals surface area contributed by atoms with Crippen molar-refractivity contribution in [3.63, 3.8) is 0 Å². The molecule has 226 valence electrons. The van der Waals surface area contributed by atoms with Crippen molar-refractivity contribution >= 4 is 32.3 Å². The van der Waals surface area contributed by atoms with Gasteiger partial charge in [-0.3, -0.25) is 0 Å². The van der Waals surface area contributed by atoms with Crippen molar-refractivity contribution in [3.05, 3.63) is 5.67 Å². The predicted octanol–water partition coefficient (Wildman–Crippen LogP) is 11.8. The second kappa shape index (κ2) is 14.5. The molecule has 0 radical (unpaired) electrons. The first-order chi connectivity index (χ1) is 16.2. The summed E-state index contributed by atoms with van der Waals surface area (Å²) >= 11 is 0. The van der Waals surface area contributed by atoms with Gasteiger partial charge in [-0.1, -0.05) is 131 Å². The Morgan fingerprint density at radius 3 is 1.51 bits per heavy atom. The van der Waals surface area contributed by atoms with Crippen molar-refractivity contribution in [2.24, 2.45) is 29.6 Å². The van der Waals surface area contributed by atoms with E-state index in [0.29, 0.717) is 0 Å². The molecule has 0 N–H and O–H groups in total. The summed E-state index contributed by atoms with van der Waals surface area (Å²) in [6.45, 7) is 35.5. The van der Waals surface area contributed by atoms with Gasteiger partial charge in [0.1, 0.15) is 0 Å². The van der Waals surface area contributed by atoms with E-state index < -0.39 is 32.3 Å². The van der Waals surface area contributed by atoms with Crippen molar-refractivity contribution < 1.29 is 36.9 Å². The van der Waals surface area contributed by atoms with Gasteiger partial charge in [0.25, 0.3) is 0 Å². The van der Waals surface area contributed by atoms with E-state index in [2.05, 4.69) is 98.5 Å². The molecule has 3 saturated carbocycles. The Morgan fingerprint density at radius 1 is 0.595 bits per heavy atom. The van der Waals surface area contributed by atoms with Crippen LogP contribution in [0.2, 0.25) is 88.6 Å². The molecule has 0 aromatic rings. The summed E-state index contributed by atoms with van der Waals surface area (Å²) in [5.41, 5.74) is 6.05. The van der Waals surface area contributed by atoms with Crippen LogP contribution in [-0.4, -0.2) is 32.3 Å². The summed E-state index contributed by atoms with van der Waals surface area (Å²) in [6, 6.07) is 0. The van der Waals surface area contributed by atoms with Gasteiger partial charge in [0.15, 0.2) is 0 Å². The van der Waals surface area contributed by atoms with Gasteiger partial charge in [0.2, 0.25) is 0 Å². The Hall–Kier alpha value is 2.10. The SMILES string of the molecule is CC(C)[C@@H]1CC[C@@H](C)C[C@H]1C1CCC([Si](C)(C)C2CCC([Si](C)(C)C)C2)C1.C[Si](C)(C)[CH-][Si](C)(C)C.[Lu+3]. The van der Waals surface area contributed by atoms with Crippen LogP contribution in [-0.2, 0) is 0 Å². The maximum absolute atomic E-state index is 2.81. The van der Waals surface area contributed by atoms with Gasteiger partial charge in [-0.2, -0.15) is 0 Å². The van der Waals surface area contributed by atoms with Crippen LogP contribution >= 0.6 is 0 Å². The zero-order valence-electron chi connectivity index (χ0n) is 27.8. The van der Waals surface area contributed by atoms with Crippen LogP contribution in [0.3, 0.4) is 0 Å². The summed E-state index contributed by atoms with van der Waals surface area (Å²) in [5.74, 6) is 5.05. The van der Waals surface area contributed by atoms with Crippen molar-refractivity contribution in [1.29, 1.82) is 0 Å². The topological polar surface area (TPSA) is 0 Å². The van der Waals surface area contributed by atoms with Crippen LogP contribution < -0.4 is 0 Å². The van der Waals surface area contributed by atoms with Gasteiger partial charge < -0.3 is 5.67 Å². The molecule has 0 bridgehead atoms. The van der Waals surface area contributed by atoms with E-state index in [9.17, 15) is 0 Å². The van der Waals surface area contributed by atoms with Gasteiger partial charge in [-0.15, -0.1) is 16.1 Å². The van der Waals surface area contributed by atoms with Gasteiger partial charge in [-0.05, 0) is 65.5 Å². The molecule has 3 aliphatic rings. The average molecular weight is 741 g/mol. The first-order valence-electron chi connectivity index (χ1n) is 16.1. The Bertz CT molecular complexity index is 658. The first-order valence-corrected chi connectivity index (χ1v) is 30.0. The van der Waals surface area contributed by atoms with Crippen LogP contribution in [0, 0.1) is 72.1 Å². The third-order valence-electron chi connectivity index (χ3n) is 10.8. The molecule has 5 heteroatoms. The van der Waals surface area contributed by atoms with Gasteiger partial charge in [0, 0.05) is 8.07 Å². The summed E-state index contributed by atoms with van der Waals surface area (Å²) in [6.07, 6.45) is 14.1. The van der Waals surface area contributed by atoms with Crippen molar-refractivity contribution in [2.45, 2.75) is 167 Å². The molecule has 7 atom stereocenters. The third-order valence-corrected chi connectivity index (χ3v) is 25.9. The van der Waals surface area contributed by atoms with Crippen molar-refractivity contribution in [3.8, 4) is 0 Å². The molecular weight excluding hydrogens is 672 g/mol. The van der Waals surface area contributed by atoms with Crippen LogP contribution in [0.4, 0.5) is 0 Å². The van der Waals surface area contributed by atoms with E-state index in [1.54, 1.807) is 44.9 Å². The maximum atomic E-state index is 2.81. The summed E-state index contributed by atoms with van der Waals surface area (Å²) in [4.78, 5) is 0. The molecule has 0 heterocycles. The van der Waals surface area contributed by atoms with E-state index >= 15 is 0 Å². The van der Waals surface area contributed by atoms with Crippen LogP contribution in [0.5, 0.6) is 0 Å². The molecule has 3 aliphatic carbocycles. The van der Waals surface area contributed by atoms with E-state index in [0.717, 1.165) is 46.2 Å². The molecule has 0 spiro atoms. The minimum atomic E-state index is -1.11. The van der Waals surface area contributed by atoms with Crippen LogP contribution in [0.1, 0.15) is 78.6 Å². The summed E-state index contributed by atoms with van der Waals surface area (Å²) < 4.78 is 0. The van der Waals surface area contributed by atoms with E-state index in [1.165, 1.54) is 12.8 Å². The molecule has 3 rings (SSSR count). The van der Waals surface area contributed by atoms with Gasteiger partial charge >= 0.3 is 36.9 Å². The monoisotopic (exact) mass is 740 g/mol. The second-order valence-electron chi connectivity index (χ2n) is 18.0. The molecule has 3 fully saturated rings. The number of hydrogen-bond donors (Lipinski definition) is 0. The normalized spacial score (nSPS) is 33.6. The zero-order chi connectivity index (χ0) is 27.7. The van der Waals surface area contributed by atoms with Crippen LogP contribution in [0.25, 0.3) is 0 Å². The summed E-state index contributed by atoms with van der Waals surface area (Å²) in [5, 5.41) is 0. The van der Waals surface area contributed by atoms with Crippen molar-refractivity contribution in [2.75, 3.05) is 0 Å². The minimum absolute atomic E-state index is 0. The van der Waals surface area contributed by atoms with E-state index in [-0.39, 0.29) is 36.9 Å². The molecule has 0 aromatic carbocycles. The average Bonchev–Trinajstić information content (AvgIpc) is 3.35. The quantitative estimate of drug-likeness (QED) is 0.180. The smallest absolute Gasteiger partial charge is 0.327 e. The van der Waals surface area contributed by atoms with Crippen molar-refractivity contribution in [1.82, 2.24) is 0 Å². The fourth-order valence-corrected chi connectivity index (χ4v) is 25.9. The third kappa shape index (κ3) is 11.7. The molecular formula is C32H69LuSi4+2. The molecule has 4 unspecified atom stereocenters. The number of rotatable bonds is 7. The first kappa shape index (κ1) is 37.1. The number of hydrogen-bond acceptors (Lipinski definition) is 0. The van der Waals surface area contributed by atoms with Crippen LogP contribution in [0.15, 0.2) is 0 Å². The molecule has 0 nitrogen and oxygen atoms in total. The van der Waals surface area contributed by atoms with Gasteiger partial charge in [0.05, 0.1) is 8.07 Å². The largest absolute Gasteiger partial charge is 3.00 e. The molecule has 0 aliphatic heterocycles.